The van der Waals surface area contributed by atoms with Crippen LogP contribution in [0, 0.1) is 0 Å². The van der Waals surface area contributed by atoms with E-state index < -0.39 is 0 Å². The van der Waals surface area contributed by atoms with Crippen molar-refractivity contribution in [2.24, 2.45) is 0 Å². The van der Waals surface area contributed by atoms with Crippen LogP contribution < -0.4 is 15.8 Å². The normalized spacial score (nSPS) is 10.1. The second-order valence-electron chi connectivity index (χ2n) is 4.23. The van der Waals surface area contributed by atoms with E-state index in [0.717, 1.165) is 0 Å². The van der Waals surface area contributed by atoms with Gasteiger partial charge < -0.3 is 15.8 Å². The first-order valence-corrected chi connectivity index (χ1v) is 6.74. The third-order valence-corrected chi connectivity index (χ3v) is 2.80. The van der Waals surface area contributed by atoms with Gasteiger partial charge in [0.2, 0.25) is 5.91 Å². The monoisotopic (exact) mass is 306 g/mol. The maximum absolute atomic E-state index is 11.7. The number of carbonyl (C=O) groups excluding carboxylic acids is 1. The molecular weight excluding hydrogens is 292 g/mol. The highest BCUT2D eigenvalue weighted by Crippen LogP contribution is 2.17. The molecule has 0 saturated carbocycles. The molecule has 21 heavy (non-hydrogen) atoms. The number of carbonyl (C=O) groups is 1. The third kappa shape index (κ3) is 5.27. The zero-order valence-corrected chi connectivity index (χ0v) is 12.0. The van der Waals surface area contributed by atoms with E-state index in [9.17, 15) is 4.79 Å². The molecule has 110 valence electrons. The molecule has 6 nitrogen and oxygen atoms in total. The number of ether oxygens (including phenoxy) is 1. The lowest BCUT2D eigenvalue weighted by Gasteiger charge is -2.07. The van der Waals surface area contributed by atoms with Crippen molar-refractivity contribution in [1.29, 1.82) is 0 Å². The zero-order chi connectivity index (χ0) is 15.1. The number of nitrogen functional groups attached to an aromatic ring is 1. The summed E-state index contributed by atoms with van der Waals surface area (Å²) in [5.74, 6) is 1.33. The predicted molar refractivity (Wildman–Crippen MR) is 79.9 cm³/mol. The second kappa shape index (κ2) is 7.44. The van der Waals surface area contributed by atoms with Crippen molar-refractivity contribution >= 4 is 23.3 Å². The largest absolute Gasteiger partial charge is 0.493 e. The van der Waals surface area contributed by atoms with Crippen LogP contribution in [-0.2, 0) is 11.3 Å². The molecule has 0 saturated heterocycles. The lowest BCUT2D eigenvalue weighted by atomic mass is 10.3. The fourth-order valence-corrected chi connectivity index (χ4v) is 1.76. The van der Waals surface area contributed by atoms with Crippen molar-refractivity contribution in [3.8, 4) is 5.75 Å². The standard InChI is InChI=1S/C14H15ClN4O2/c15-10-2-1-3-11(8-10)21-7-5-14(20)18-9-13-17-6-4-12(16)19-13/h1-4,6,8H,5,7,9H2,(H,18,20)(H2,16,17,19). The van der Waals surface area contributed by atoms with Crippen molar-refractivity contribution in [3.63, 3.8) is 0 Å². The number of aromatic nitrogens is 2. The Balaban J connectivity index is 1.70. The van der Waals surface area contributed by atoms with Crippen LogP contribution in [0.15, 0.2) is 36.5 Å². The molecule has 0 aliphatic carbocycles. The van der Waals surface area contributed by atoms with Crippen LogP contribution in [0.4, 0.5) is 5.82 Å². The Morgan fingerprint density at radius 2 is 2.24 bits per heavy atom. The molecule has 1 aromatic carbocycles. The molecule has 0 radical (unpaired) electrons. The van der Waals surface area contributed by atoms with Gasteiger partial charge >= 0.3 is 0 Å². The van der Waals surface area contributed by atoms with Gasteiger partial charge in [-0.3, -0.25) is 4.79 Å². The molecule has 0 unspecified atom stereocenters. The average Bonchev–Trinajstić information content (AvgIpc) is 2.45. The minimum absolute atomic E-state index is 0.150. The van der Waals surface area contributed by atoms with Crippen LogP contribution in [0.1, 0.15) is 12.2 Å². The number of rotatable bonds is 6. The van der Waals surface area contributed by atoms with Crippen molar-refractivity contribution in [1.82, 2.24) is 15.3 Å². The van der Waals surface area contributed by atoms with Gasteiger partial charge in [-0.2, -0.15) is 0 Å². The Morgan fingerprint density at radius 3 is 3.00 bits per heavy atom. The molecule has 0 bridgehead atoms. The van der Waals surface area contributed by atoms with Crippen LogP contribution in [0.25, 0.3) is 0 Å². The highest BCUT2D eigenvalue weighted by atomic mass is 35.5. The quantitative estimate of drug-likeness (QED) is 0.849. The van der Waals surface area contributed by atoms with E-state index in [1.807, 2.05) is 0 Å². The first-order valence-electron chi connectivity index (χ1n) is 6.36. The predicted octanol–water partition coefficient (Wildman–Crippen LogP) is 1.80. The van der Waals surface area contributed by atoms with Crippen molar-refractivity contribution in [2.75, 3.05) is 12.3 Å². The van der Waals surface area contributed by atoms with Gasteiger partial charge in [-0.25, -0.2) is 9.97 Å². The van der Waals surface area contributed by atoms with E-state index in [0.29, 0.717) is 22.4 Å². The van der Waals surface area contributed by atoms with Gasteiger partial charge in [0.25, 0.3) is 0 Å². The molecule has 0 fully saturated rings. The average molecular weight is 307 g/mol. The molecule has 1 amide bonds. The molecular formula is C14H15ClN4O2. The summed E-state index contributed by atoms with van der Waals surface area (Å²) < 4.78 is 5.43. The summed E-state index contributed by atoms with van der Waals surface area (Å²) >= 11 is 5.83. The summed E-state index contributed by atoms with van der Waals surface area (Å²) in [4.78, 5) is 19.6. The Hall–Kier alpha value is -2.34. The van der Waals surface area contributed by atoms with Crippen LogP contribution in [0.5, 0.6) is 5.75 Å². The van der Waals surface area contributed by atoms with Gasteiger partial charge in [-0.15, -0.1) is 0 Å². The maximum atomic E-state index is 11.7. The number of hydrogen-bond acceptors (Lipinski definition) is 5. The first-order chi connectivity index (χ1) is 10.1. The fraction of sp³-hybridized carbons (Fsp3) is 0.214. The highest BCUT2D eigenvalue weighted by Gasteiger charge is 2.04. The fourth-order valence-electron chi connectivity index (χ4n) is 1.58. The van der Waals surface area contributed by atoms with Gasteiger partial charge in [-0.1, -0.05) is 17.7 Å². The van der Waals surface area contributed by atoms with Crippen LogP contribution in [0.2, 0.25) is 5.02 Å². The van der Waals surface area contributed by atoms with E-state index in [4.69, 9.17) is 22.1 Å². The molecule has 0 aliphatic rings. The number of anilines is 1. The summed E-state index contributed by atoms with van der Waals surface area (Å²) in [7, 11) is 0. The molecule has 0 spiro atoms. The Kier molecular flexibility index (Phi) is 5.34. The van der Waals surface area contributed by atoms with Gasteiger partial charge in [0.05, 0.1) is 19.6 Å². The van der Waals surface area contributed by atoms with Gasteiger partial charge in [0.15, 0.2) is 0 Å². The topological polar surface area (TPSA) is 90.1 Å². The van der Waals surface area contributed by atoms with Gasteiger partial charge in [-0.05, 0) is 24.3 Å². The number of benzene rings is 1. The Bertz CT molecular complexity index is 621. The number of hydrogen-bond donors (Lipinski definition) is 2. The molecule has 1 aromatic heterocycles. The van der Waals surface area contributed by atoms with E-state index in [2.05, 4.69) is 15.3 Å². The van der Waals surface area contributed by atoms with E-state index >= 15 is 0 Å². The summed E-state index contributed by atoms with van der Waals surface area (Å²) in [5.41, 5.74) is 5.53. The summed E-state index contributed by atoms with van der Waals surface area (Å²) in [5, 5.41) is 3.29. The van der Waals surface area contributed by atoms with Crippen LogP contribution in [0.3, 0.4) is 0 Å². The number of halogens is 1. The number of nitrogens with two attached hydrogens (primary N) is 1. The van der Waals surface area contributed by atoms with Crippen LogP contribution >= 0.6 is 11.6 Å². The van der Waals surface area contributed by atoms with Crippen molar-refractivity contribution in [2.45, 2.75) is 13.0 Å². The molecule has 7 heteroatoms. The number of nitrogens with zero attached hydrogens (tertiary/aromatic N) is 2. The Morgan fingerprint density at radius 1 is 1.38 bits per heavy atom. The number of amides is 1. The summed E-state index contributed by atoms with van der Waals surface area (Å²) in [6.45, 7) is 0.505. The first kappa shape index (κ1) is 15.1. The molecule has 1 heterocycles. The highest BCUT2D eigenvalue weighted by molar-refractivity contribution is 6.30. The maximum Gasteiger partial charge on any atom is 0.223 e. The second-order valence-corrected chi connectivity index (χ2v) is 4.67. The van der Waals surface area contributed by atoms with E-state index in [1.165, 1.54) is 0 Å². The van der Waals surface area contributed by atoms with Crippen LogP contribution in [-0.4, -0.2) is 22.5 Å². The summed E-state index contributed by atoms with van der Waals surface area (Å²) in [6.07, 6.45) is 1.78. The Labute approximate surface area is 127 Å². The van der Waals surface area contributed by atoms with Gasteiger partial charge in [0.1, 0.15) is 17.4 Å². The number of nitrogens with one attached hydrogen (secondary N) is 1. The lowest BCUT2D eigenvalue weighted by molar-refractivity contribution is -0.121. The third-order valence-electron chi connectivity index (χ3n) is 2.56. The molecule has 2 aromatic rings. The minimum Gasteiger partial charge on any atom is -0.493 e. The van der Waals surface area contributed by atoms with Crippen molar-refractivity contribution in [3.05, 3.63) is 47.4 Å². The SMILES string of the molecule is Nc1ccnc(CNC(=O)CCOc2cccc(Cl)c2)n1. The summed E-state index contributed by atoms with van der Waals surface area (Å²) in [6, 6.07) is 8.61. The lowest BCUT2D eigenvalue weighted by Crippen LogP contribution is -2.25. The minimum atomic E-state index is -0.150. The molecule has 0 atom stereocenters. The zero-order valence-electron chi connectivity index (χ0n) is 11.3. The van der Waals surface area contributed by atoms with Gasteiger partial charge in [0, 0.05) is 11.2 Å². The smallest absolute Gasteiger partial charge is 0.223 e. The molecule has 3 N–H and O–H groups in total. The molecule has 0 aliphatic heterocycles. The van der Waals surface area contributed by atoms with E-state index in [-0.39, 0.29) is 25.5 Å². The van der Waals surface area contributed by atoms with Crippen molar-refractivity contribution < 1.29 is 9.53 Å². The van der Waals surface area contributed by atoms with E-state index in [1.54, 1.807) is 36.5 Å². The molecule has 2 rings (SSSR count).